The van der Waals surface area contributed by atoms with Gasteiger partial charge in [-0.05, 0) is 158 Å². The van der Waals surface area contributed by atoms with Crippen molar-refractivity contribution in [3.63, 3.8) is 0 Å². The second kappa shape index (κ2) is 15.7. The monoisotopic (exact) mass is 922 g/mol. The molecular formula is C64H68BN3S. The van der Waals surface area contributed by atoms with E-state index < -0.39 is 0 Å². The molecular weight excluding hydrogens is 854 g/mol. The summed E-state index contributed by atoms with van der Waals surface area (Å²) >= 11 is 2.03. The van der Waals surface area contributed by atoms with Gasteiger partial charge in [0.1, 0.15) is 0 Å². The van der Waals surface area contributed by atoms with Gasteiger partial charge in [-0.15, -0.1) is 11.3 Å². The molecule has 1 aliphatic carbocycles. The number of hydrogen-bond donors (Lipinski definition) is 0. The zero-order valence-electron chi connectivity index (χ0n) is 43.2. The van der Waals surface area contributed by atoms with Crippen molar-refractivity contribution >= 4 is 95.0 Å². The first-order chi connectivity index (χ1) is 32.6. The van der Waals surface area contributed by atoms with E-state index in [1.807, 2.05) is 11.3 Å². The van der Waals surface area contributed by atoms with Gasteiger partial charge < -0.3 is 14.7 Å². The minimum Gasteiger partial charge on any atom is -0.311 e. The molecule has 0 spiro atoms. The molecule has 2 aliphatic heterocycles. The summed E-state index contributed by atoms with van der Waals surface area (Å²) in [6.45, 7) is 30.8. The van der Waals surface area contributed by atoms with E-state index in [1.165, 1.54) is 94.9 Å². The highest BCUT2D eigenvalue weighted by molar-refractivity contribution is 7.33. The van der Waals surface area contributed by atoms with Gasteiger partial charge in [0.25, 0.3) is 6.71 Å². The minimum atomic E-state index is -0.0399. The van der Waals surface area contributed by atoms with E-state index in [0.717, 1.165) is 22.7 Å². The second-order valence-electron chi connectivity index (χ2n) is 24.6. The van der Waals surface area contributed by atoms with Crippen LogP contribution in [0.3, 0.4) is 0 Å². The second-order valence-corrected chi connectivity index (χ2v) is 25.7. The molecule has 0 unspecified atom stereocenters. The van der Waals surface area contributed by atoms with Crippen molar-refractivity contribution in [3.05, 3.63) is 179 Å². The molecule has 0 radical (unpaired) electrons. The molecule has 3 aliphatic rings. The van der Waals surface area contributed by atoms with Crippen molar-refractivity contribution in [2.24, 2.45) is 0 Å². The van der Waals surface area contributed by atoms with Crippen LogP contribution in [0.4, 0.5) is 51.2 Å². The maximum absolute atomic E-state index is 2.67. The molecule has 0 saturated carbocycles. The van der Waals surface area contributed by atoms with Gasteiger partial charge in [0.15, 0.2) is 0 Å². The third kappa shape index (κ3) is 7.53. The maximum atomic E-state index is 2.67. The van der Waals surface area contributed by atoms with Crippen LogP contribution < -0.4 is 30.4 Å². The Balaban J connectivity index is 1.30. The largest absolute Gasteiger partial charge is 0.311 e. The first-order valence-corrected chi connectivity index (χ1v) is 26.1. The van der Waals surface area contributed by atoms with Crippen LogP contribution in [0.5, 0.6) is 0 Å². The van der Waals surface area contributed by atoms with Crippen molar-refractivity contribution in [2.45, 2.75) is 130 Å². The zero-order chi connectivity index (χ0) is 48.6. The summed E-state index contributed by atoms with van der Waals surface area (Å²) in [6, 6.07) is 58.4. The molecule has 69 heavy (non-hydrogen) atoms. The summed E-state index contributed by atoms with van der Waals surface area (Å²) in [5.74, 6) is 0. The first kappa shape index (κ1) is 45.4. The van der Waals surface area contributed by atoms with Gasteiger partial charge in [0.05, 0.1) is 11.4 Å². The zero-order valence-corrected chi connectivity index (χ0v) is 44.0. The summed E-state index contributed by atoms with van der Waals surface area (Å²) in [6.07, 6.45) is 2.36. The number of thiophene rings is 1. The Kier molecular flexibility index (Phi) is 10.4. The van der Waals surface area contributed by atoms with Crippen LogP contribution in [0.2, 0.25) is 0 Å². The van der Waals surface area contributed by atoms with Crippen LogP contribution in [0.1, 0.15) is 131 Å². The lowest BCUT2D eigenvalue weighted by Gasteiger charge is -2.44. The highest BCUT2D eigenvalue weighted by Gasteiger charge is 2.47. The van der Waals surface area contributed by atoms with Crippen molar-refractivity contribution in [1.82, 2.24) is 0 Å². The van der Waals surface area contributed by atoms with E-state index in [4.69, 9.17) is 0 Å². The summed E-state index contributed by atoms with van der Waals surface area (Å²) in [5.41, 5.74) is 20.6. The third-order valence-corrected chi connectivity index (χ3v) is 17.0. The molecule has 0 bridgehead atoms. The Morgan fingerprint density at radius 1 is 0.478 bits per heavy atom. The fourth-order valence-corrected chi connectivity index (χ4v) is 12.8. The number of anilines is 9. The van der Waals surface area contributed by atoms with E-state index in [0.29, 0.717) is 0 Å². The molecule has 1 aromatic heterocycles. The Morgan fingerprint density at radius 3 is 1.45 bits per heavy atom. The Hall–Kier alpha value is -6.04. The van der Waals surface area contributed by atoms with Crippen LogP contribution in [0.25, 0.3) is 10.1 Å². The maximum Gasteiger partial charge on any atom is 0.264 e. The molecule has 348 valence electrons. The third-order valence-electron chi connectivity index (χ3n) is 15.8. The van der Waals surface area contributed by atoms with Crippen molar-refractivity contribution < 1.29 is 0 Å². The number of para-hydroxylation sites is 2. The average Bonchev–Trinajstić information content (AvgIpc) is 3.68. The van der Waals surface area contributed by atoms with Gasteiger partial charge in [-0.25, -0.2) is 0 Å². The molecule has 0 amide bonds. The van der Waals surface area contributed by atoms with Gasteiger partial charge in [0, 0.05) is 54.7 Å². The molecule has 5 heteroatoms. The average molecular weight is 922 g/mol. The molecule has 7 aromatic carbocycles. The van der Waals surface area contributed by atoms with E-state index in [1.54, 1.807) is 0 Å². The van der Waals surface area contributed by atoms with Gasteiger partial charge >= 0.3 is 0 Å². The summed E-state index contributed by atoms with van der Waals surface area (Å²) < 4.78 is 2.79. The lowest BCUT2D eigenvalue weighted by molar-refractivity contribution is 0.332. The fourth-order valence-electron chi connectivity index (χ4n) is 11.5. The Morgan fingerprint density at radius 2 is 0.942 bits per heavy atom. The predicted octanol–water partition coefficient (Wildman–Crippen LogP) is 16.7. The van der Waals surface area contributed by atoms with Crippen molar-refractivity contribution in [2.75, 3.05) is 14.7 Å². The van der Waals surface area contributed by atoms with E-state index in [9.17, 15) is 0 Å². The van der Waals surface area contributed by atoms with Crippen LogP contribution in [0, 0.1) is 0 Å². The highest BCUT2D eigenvalue weighted by Crippen LogP contribution is 2.54. The number of rotatable bonds is 5. The number of fused-ring (bicyclic) bond motifs is 7. The minimum absolute atomic E-state index is 0.00361. The van der Waals surface area contributed by atoms with Crippen LogP contribution >= 0.6 is 11.3 Å². The van der Waals surface area contributed by atoms with Gasteiger partial charge in [-0.3, -0.25) is 0 Å². The molecule has 0 fully saturated rings. The smallest absolute Gasteiger partial charge is 0.264 e. The predicted molar refractivity (Wildman–Crippen MR) is 302 cm³/mol. The molecule has 0 N–H and O–H groups in total. The van der Waals surface area contributed by atoms with E-state index >= 15 is 0 Å². The van der Waals surface area contributed by atoms with E-state index in [-0.39, 0.29) is 33.8 Å². The molecule has 3 heterocycles. The normalized spacial score (nSPS) is 15.9. The molecule has 11 rings (SSSR count). The SMILES string of the molecule is CC(C)(C)c1ccc(N2c3ccc(C(C)(C)C)cc3B3c4sc5cc6c(cc5c4N(c4ccc(C(C)(C)C)cc4)c4cc(N(c5ccccc5)c5ccccc5)cc2c43)C(C)(C)CCC6(C)C)cc1. The molecule has 3 nitrogen and oxygen atoms in total. The number of benzene rings is 7. The molecule has 8 aromatic rings. The topological polar surface area (TPSA) is 9.72 Å². The summed E-state index contributed by atoms with van der Waals surface area (Å²) in [5, 5.41) is 1.36. The Labute approximate surface area is 416 Å². The molecule has 0 saturated heterocycles. The number of hydrogen-bond acceptors (Lipinski definition) is 4. The fraction of sp³-hybridized carbons (Fsp3) is 0.312. The quantitative estimate of drug-likeness (QED) is 0.159. The summed E-state index contributed by atoms with van der Waals surface area (Å²) in [7, 11) is 0. The van der Waals surface area contributed by atoms with Crippen LogP contribution in [0.15, 0.2) is 152 Å². The van der Waals surface area contributed by atoms with Gasteiger partial charge in [-0.2, -0.15) is 0 Å². The number of nitrogens with zero attached hydrogens (tertiary/aromatic N) is 3. The highest BCUT2D eigenvalue weighted by atomic mass is 32.1. The van der Waals surface area contributed by atoms with Crippen LogP contribution in [-0.4, -0.2) is 6.71 Å². The lowest BCUT2D eigenvalue weighted by Crippen LogP contribution is -2.60. The van der Waals surface area contributed by atoms with Gasteiger partial charge in [0.2, 0.25) is 0 Å². The van der Waals surface area contributed by atoms with Crippen molar-refractivity contribution in [3.8, 4) is 0 Å². The molecule has 0 atom stereocenters. The van der Waals surface area contributed by atoms with Gasteiger partial charge in [-0.1, -0.05) is 163 Å². The standard InChI is InChI=1S/C64H68BN3S/c1-60(2,3)41-24-29-46(30-25-41)67-53-33-28-43(62(7,8)9)36-52(53)65-57-54(67)37-48(66(44-20-16-14-17-21-44)45-22-18-15-19-23-45)38-55(57)68(47-31-26-42(27-32-47)61(4,5)6)58-49-39-50-51(40-56(49)69-59(58)65)64(12,13)35-34-63(50,10)11/h14-33,36-40H,34-35H2,1-13H3. The van der Waals surface area contributed by atoms with Crippen molar-refractivity contribution in [1.29, 1.82) is 0 Å². The van der Waals surface area contributed by atoms with E-state index in [2.05, 4.69) is 256 Å². The first-order valence-electron chi connectivity index (χ1n) is 25.3. The lowest BCUT2D eigenvalue weighted by atomic mass is 9.36. The Bertz CT molecular complexity index is 3230. The summed E-state index contributed by atoms with van der Waals surface area (Å²) in [4.78, 5) is 7.71. The van der Waals surface area contributed by atoms with Crippen LogP contribution in [-0.2, 0) is 27.1 Å².